The van der Waals surface area contributed by atoms with Gasteiger partial charge in [0.25, 0.3) is 0 Å². The zero-order valence-electron chi connectivity index (χ0n) is 12.5. The summed E-state index contributed by atoms with van der Waals surface area (Å²) in [5.41, 5.74) is 0. The van der Waals surface area contributed by atoms with Crippen LogP contribution in [-0.4, -0.2) is 63.8 Å². The molecule has 0 saturated carbocycles. The number of hydrogen-bond donors (Lipinski definition) is 2. The number of rotatable bonds is 5. The SMILES string of the molecule is CN=C(NCCC(F)(F)F)NC[C@H]1CCCN1S(C)(=O)=O.I. The van der Waals surface area contributed by atoms with Crippen LogP contribution in [0.25, 0.3) is 0 Å². The molecule has 1 saturated heterocycles. The lowest BCUT2D eigenvalue weighted by atomic mass is 10.2. The van der Waals surface area contributed by atoms with E-state index in [1.807, 2.05) is 0 Å². The first-order valence-corrected chi connectivity index (χ1v) is 8.46. The molecule has 0 unspecified atom stereocenters. The molecule has 2 N–H and O–H groups in total. The molecule has 0 aromatic rings. The number of halogens is 4. The number of nitrogens with one attached hydrogen (secondary N) is 2. The maximum atomic E-state index is 12.1. The zero-order chi connectivity index (χ0) is 16.1. The number of guanidine groups is 1. The molecule has 132 valence electrons. The summed E-state index contributed by atoms with van der Waals surface area (Å²) in [5, 5.41) is 5.42. The molecule has 0 aromatic heterocycles. The fourth-order valence-corrected chi connectivity index (χ4v) is 3.39. The Morgan fingerprint density at radius 1 is 1.36 bits per heavy atom. The molecule has 1 aliphatic heterocycles. The predicted molar refractivity (Wildman–Crippen MR) is 90.0 cm³/mol. The van der Waals surface area contributed by atoms with Crippen molar-refractivity contribution >= 4 is 40.0 Å². The van der Waals surface area contributed by atoms with Gasteiger partial charge in [-0.15, -0.1) is 24.0 Å². The number of sulfonamides is 1. The van der Waals surface area contributed by atoms with Crippen LogP contribution in [0.1, 0.15) is 19.3 Å². The Morgan fingerprint density at radius 2 is 2.00 bits per heavy atom. The van der Waals surface area contributed by atoms with E-state index in [0.717, 1.165) is 19.1 Å². The maximum absolute atomic E-state index is 12.1. The lowest BCUT2D eigenvalue weighted by Gasteiger charge is -2.23. The Bertz CT molecular complexity index is 470. The molecule has 6 nitrogen and oxygen atoms in total. The van der Waals surface area contributed by atoms with Gasteiger partial charge in [-0.3, -0.25) is 4.99 Å². The van der Waals surface area contributed by atoms with Crippen molar-refractivity contribution in [2.45, 2.75) is 31.5 Å². The molecule has 0 aromatic carbocycles. The van der Waals surface area contributed by atoms with Crippen LogP contribution in [0.3, 0.4) is 0 Å². The lowest BCUT2D eigenvalue weighted by Crippen LogP contribution is -2.46. The smallest absolute Gasteiger partial charge is 0.356 e. The van der Waals surface area contributed by atoms with Gasteiger partial charge in [0, 0.05) is 32.7 Å². The first-order chi connectivity index (χ1) is 9.63. The normalized spacial score (nSPS) is 20.6. The highest BCUT2D eigenvalue weighted by molar-refractivity contribution is 14.0. The monoisotopic (exact) mass is 458 g/mol. The molecule has 0 spiro atoms. The van der Waals surface area contributed by atoms with Gasteiger partial charge in [0.05, 0.1) is 12.7 Å². The first-order valence-electron chi connectivity index (χ1n) is 6.61. The second-order valence-corrected chi connectivity index (χ2v) is 6.85. The minimum absolute atomic E-state index is 0. The Labute approximate surface area is 146 Å². The molecule has 22 heavy (non-hydrogen) atoms. The third-order valence-electron chi connectivity index (χ3n) is 3.18. The highest BCUT2D eigenvalue weighted by Gasteiger charge is 2.31. The Kier molecular flexibility index (Phi) is 8.98. The number of hydrogen-bond acceptors (Lipinski definition) is 3. The minimum atomic E-state index is -4.22. The maximum Gasteiger partial charge on any atom is 0.390 e. The highest BCUT2D eigenvalue weighted by atomic mass is 127. The topological polar surface area (TPSA) is 73.8 Å². The van der Waals surface area contributed by atoms with Gasteiger partial charge in [-0.2, -0.15) is 17.5 Å². The van der Waals surface area contributed by atoms with Gasteiger partial charge < -0.3 is 10.6 Å². The van der Waals surface area contributed by atoms with Gasteiger partial charge in [0.1, 0.15) is 0 Å². The fourth-order valence-electron chi connectivity index (χ4n) is 2.21. The highest BCUT2D eigenvalue weighted by Crippen LogP contribution is 2.19. The van der Waals surface area contributed by atoms with E-state index in [1.165, 1.54) is 11.4 Å². The van der Waals surface area contributed by atoms with Gasteiger partial charge in [-0.05, 0) is 12.8 Å². The van der Waals surface area contributed by atoms with E-state index in [9.17, 15) is 21.6 Å². The van der Waals surface area contributed by atoms with Crippen LogP contribution < -0.4 is 10.6 Å². The van der Waals surface area contributed by atoms with E-state index in [0.29, 0.717) is 13.1 Å². The van der Waals surface area contributed by atoms with Crippen molar-refractivity contribution in [3.8, 4) is 0 Å². The molecule has 1 aliphatic rings. The molecule has 1 heterocycles. The molecule has 11 heteroatoms. The first kappa shape index (κ1) is 21.7. The summed E-state index contributed by atoms with van der Waals surface area (Å²) in [6.45, 7) is 0.522. The zero-order valence-corrected chi connectivity index (χ0v) is 15.6. The summed E-state index contributed by atoms with van der Waals surface area (Å²) in [6.07, 6.45) is -2.52. The number of nitrogens with zero attached hydrogens (tertiary/aromatic N) is 2. The van der Waals surface area contributed by atoms with Gasteiger partial charge in [-0.25, -0.2) is 8.42 Å². The van der Waals surface area contributed by atoms with E-state index in [4.69, 9.17) is 0 Å². The van der Waals surface area contributed by atoms with Gasteiger partial charge >= 0.3 is 6.18 Å². The summed E-state index contributed by atoms with van der Waals surface area (Å²) in [6, 6.07) is -0.193. The summed E-state index contributed by atoms with van der Waals surface area (Å²) >= 11 is 0. The second kappa shape index (κ2) is 9.11. The van der Waals surface area contributed by atoms with Crippen LogP contribution in [0.2, 0.25) is 0 Å². The largest absolute Gasteiger partial charge is 0.390 e. The summed E-state index contributed by atoms with van der Waals surface area (Å²) < 4.78 is 60.7. The van der Waals surface area contributed by atoms with E-state index in [-0.39, 0.29) is 42.5 Å². The van der Waals surface area contributed by atoms with E-state index in [2.05, 4.69) is 15.6 Å². The molecule has 1 fully saturated rings. The van der Waals surface area contributed by atoms with Crippen molar-refractivity contribution in [1.82, 2.24) is 14.9 Å². The Balaban J connectivity index is 0.00000441. The van der Waals surface area contributed by atoms with Gasteiger partial charge in [0.2, 0.25) is 10.0 Å². The minimum Gasteiger partial charge on any atom is -0.356 e. The number of alkyl halides is 3. The quantitative estimate of drug-likeness (QED) is 0.369. The van der Waals surface area contributed by atoms with Gasteiger partial charge in [0.15, 0.2) is 5.96 Å². The van der Waals surface area contributed by atoms with E-state index >= 15 is 0 Å². The summed E-state index contributed by atoms with van der Waals surface area (Å²) in [5.74, 6) is 0.236. The van der Waals surface area contributed by atoms with Crippen molar-refractivity contribution in [3.63, 3.8) is 0 Å². The Morgan fingerprint density at radius 3 is 2.50 bits per heavy atom. The predicted octanol–water partition coefficient (Wildman–Crippen LogP) is 1.15. The molecule has 1 rings (SSSR count). The van der Waals surface area contributed by atoms with Crippen LogP contribution in [0, 0.1) is 0 Å². The van der Waals surface area contributed by atoms with Gasteiger partial charge in [-0.1, -0.05) is 0 Å². The van der Waals surface area contributed by atoms with Crippen LogP contribution in [0.15, 0.2) is 4.99 Å². The van der Waals surface area contributed by atoms with Crippen LogP contribution in [0.4, 0.5) is 13.2 Å². The van der Waals surface area contributed by atoms with Crippen LogP contribution in [-0.2, 0) is 10.0 Å². The average molecular weight is 458 g/mol. The third-order valence-corrected chi connectivity index (χ3v) is 4.51. The lowest BCUT2D eigenvalue weighted by molar-refractivity contribution is -0.132. The standard InChI is InChI=1S/C11H21F3N4O2S.HI/c1-15-10(16-6-5-11(12,13)14)17-8-9-4-3-7-18(9)21(2,19)20;/h9H,3-8H2,1-2H3,(H2,15,16,17);1H/t9-;/m1./s1. The van der Waals surface area contributed by atoms with Crippen LogP contribution in [0.5, 0.6) is 0 Å². The molecule has 0 aliphatic carbocycles. The number of aliphatic imine (C=N–C) groups is 1. The second-order valence-electron chi connectivity index (χ2n) is 4.91. The van der Waals surface area contributed by atoms with Crippen molar-refractivity contribution in [2.24, 2.45) is 4.99 Å². The molecular weight excluding hydrogens is 436 g/mol. The summed E-state index contributed by atoms with van der Waals surface area (Å²) in [4.78, 5) is 3.81. The fraction of sp³-hybridized carbons (Fsp3) is 0.909. The van der Waals surface area contributed by atoms with Crippen molar-refractivity contribution < 1.29 is 21.6 Å². The molecule has 1 atom stereocenters. The molecular formula is C11H22F3IN4O2S. The average Bonchev–Trinajstić information content (AvgIpc) is 2.80. The van der Waals surface area contributed by atoms with Crippen LogP contribution >= 0.6 is 24.0 Å². The van der Waals surface area contributed by atoms with Crippen molar-refractivity contribution in [1.29, 1.82) is 0 Å². The Hall–Kier alpha value is -0.300. The van der Waals surface area contributed by atoms with E-state index in [1.54, 1.807) is 0 Å². The van der Waals surface area contributed by atoms with Crippen molar-refractivity contribution in [2.75, 3.05) is 32.9 Å². The van der Waals surface area contributed by atoms with E-state index < -0.39 is 22.6 Å². The molecule has 0 bridgehead atoms. The molecule has 0 radical (unpaired) electrons. The summed E-state index contributed by atoms with van der Waals surface area (Å²) in [7, 11) is -1.81. The molecule has 0 amide bonds. The third kappa shape index (κ3) is 7.81. The van der Waals surface area contributed by atoms with Crippen molar-refractivity contribution in [3.05, 3.63) is 0 Å².